The van der Waals surface area contributed by atoms with Crippen molar-refractivity contribution in [2.75, 3.05) is 30.4 Å². The van der Waals surface area contributed by atoms with E-state index in [0.29, 0.717) is 22.8 Å². The van der Waals surface area contributed by atoms with E-state index in [9.17, 15) is 9.90 Å². The Kier molecular flexibility index (Phi) is 7.98. The van der Waals surface area contributed by atoms with Crippen LogP contribution in [0.25, 0.3) is 22.4 Å². The van der Waals surface area contributed by atoms with Crippen molar-refractivity contribution in [3.8, 4) is 28.3 Å². The first-order valence-corrected chi connectivity index (χ1v) is 12.3. The summed E-state index contributed by atoms with van der Waals surface area (Å²) in [6.07, 6.45) is 7.81. The second-order valence-corrected chi connectivity index (χ2v) is 9.54. The molecule has 5 N–H and O–H groups in total. The summed E-state index contributed by atoms with van der Waals surface area (Å²) in [6, 6.07) is 7.82. The van der Waals surface area contributed by atoms with Crippen LogP contribution in [0, 0.1) is 12.3 Å². The fourth-order valence-corrected chi connectivity index (χ4v) is 4.27. The van der Waals surface area contributed by atoms with Gasteiger partial charge in [-0.2, -0.15) is 0 Å². The van der Waals surface area contributed by atoms with Crippen LogP contribution in [0.2, 0.25) is 0 Å². The Hall–Kier alpha value is -4.05. The van der Waals surface area contributed by atoms with Crippen molar-refractivity contribution in [1.29, 1.82) is 0 Å². The zero-order valence-corrected chi connectivity index (χ0v) is 21.1. The summed E-state index contributed by atoms with van der Waals surface area (Å²) in [7, 11) is 0. The maximum absolute atomic E-state index is 12.0. The molecular weight excluding hydrogens is 472 g/mol. The van der Waals surface area contributed by atoms with Crippen molar-refractivity contribution in [3.63, 3.8) is 0 Å². The zero-order chi connectivity index (χ0) is 26.4. The SMILES string of the molecule is Cc1ncc(NCCC2(C)CC2)cc1-c1cc(OCCO)nc(-c2ccnc3c2CC(=O)N3)c1.NC=O. The Morgan fingerprint density at radius 3 is 2.76 bits per heavy atom. The van der Waals surface area contributed by atoms with E-state index in [2.05, 4.69) is 44.3 Å². The normalized spacial score (nSPS) is 14.6. The molecule has 0 aromatic carbocycles. The van der Waals surface area contributed by atoms with Crippen LogP contribution >= 0.6 is 0 Å². The molecule has 194 valence electrons. The van der Waals surface area contributed by atoms with Crippen LogP contribution in [-0.2, 0) is 16.0 Å². The van der Waals surface area contributed by atoms with Gasteiger partial charge in [-0.3, -0.25) is 14.6 Å². The molecule has 1 fully saturated rings. The lowest BCUT2D eigenvalue weighted by molar-refractivity contribution is -0.115. The Labute approximate surface area is 215 Å². The van der Waals surface area contributed by atoms with Gasteiger partial charge in [0, 0.05) is 41.2 Å². The molecular formula is C27H32N6O4. The molecule has 10 nitrogen and oxygen atoms in total. The Morgan fingerprint density at radius 2 is 2.03 bits per heavy atom. The molecule has 1 aliphatic heterocycles. The third-order valence-electron chi connectivity index (χ3n) is 6.63. The van der Waals surface area contributed by atoms with Gasteiger partial charge in [0.25, 0.3) is 0 Å². The molecule has 4 heterocycles. The van der Waals surface area contributed by atoms with E-state index in [0.717, 1.165) is 46.6 Å². The molecule has 0 bridgehead atoms. The molecule has 0 spiro atoms. The second-order valence-electron chi connectivity index (χ2n) is 9.54. The Balaban J connectivity index is 0.00000102. The number of amides is 2. The number of aliphatic hydroxyl groups excluding tert-OH is 1. The third kappa shape index (κ3) is 6.39. The van der Waals surface area contributed by atoms with Gasteiger partial charge in [0.1, 0.15) is 12.4 Å². The number of aromatic nitrogens is 3. The number of hydrogen-bond acceptors (Lipinski definition) is 8. The molecule has 0 radical (unpaired) electrons. The predicted octanol–water partition coefficient (Wildman–Crippen LogP) is 3.08. The van der Waals surface area contributed by atoms with Crippen molar-refractivity contribution in [2.24, 2.45) is 11.1 Å². The summed E-state index contributed by atoms with van der Waals surface area (Å²) in [6.45, 7) is 5.26. The number of fused-ring (bicyclic) bond motifs is 1. The molecule has 1 aliphatic carbocycles. The molecule has 5 rings (SSSR count). The molecule has 10 heteroatoms. The average Bonchev–Trinajstić information content (AvgIpc) is 3.48. The summed E-state index contributed by atoms with van der Waals surface area (Å²) in [4.78, 5) is 34.1. The van der Waals surface area contributed by atoms with Crippen LogP contribution in [-0.4, -0.2) is 52.1 Å². The molecule has 0 unspecified atom stereocenters. The first-order valence-electron chi connectivity index (χ1n) is 12.3. The number of primary amides is 1. The number of hydrogen-bond donors (Lipinski definition) is 4. The smallest absolute Gasteiger partial charge is 0.230 e. The number of pyridine rings is 3. The fourth-order valence-electron chi connectivity index (χ4n) is 4.27. The average molecular weight is 505 g/mol. The summed E-state index contributed by atoms with van der Waals surface area (Å²) in [5.41, 5.74) is 10.7. The van der Waals surface area contributed by atoms with Crippen LogP contribution in [0.5, 0.6) is 5.88 Å². The van der Waals surface area contributed by atoms with Crippen LogP contribution in [0.3, 0.4) is 0 Å². The van der Waals surface area contributed by atoms with Crippen LogP contribution < -0.4 is 21.1 Å². The van der Waals surface area contributed by atoms with E-state index in [-0.39, 0.29) is 32.0 Å². The number of aliphatic hydroxyl groups is 1. The quantitative estimate of drug-likeness (QED) is 0.324. The first-order chi connectivity index (χ1) is 17.9. The highest BCUT2D eigenvalue weighted by molar-refractivity contribution is 6.00. The summed E-state index contributed by atoms with van der Waals surface area (Å²) in [5.74, 6) is 0.895. The van der Waals surface area contributed by atoms with Crippen molar-refractivity contribution in [3.05, 3.63) is 47.9 Å². The van der Waals surface area contributed by atoms with E-state index < -0.39 is 0 Å². The minimum atomic E-state index is -0.108. The van der Waals surface area contributed by atoms with Crippen molar-refractivity contribution in [2.45, 2.75) is 39.5 Å². The standard InChI is InChI=1S/C26H29N5O3.CH3NO/c1-16-20(13-18(15-29-16)27-8-6-26(2)4-5-26)17-11-22(30-24(12-17)34-10-9-32)19-3-7-28-25-21(19)14-23(33)31-25;2-1-3/h3,7,11-13,15,27,32H,4-6,8-10,14H2,1-2H3,(H,28,31,33);1H,(H2,2,3). The number of ether oxygens (including phenoxy) is 1. The lowest BCUT2D eigenvalue weighted by atomic mass is 9.99. The molecule has 37 heavy (non-hydrogen) atoms. The lowest BCUT2D eigenvalue weighted by Crippen LogP contribution is -2.07. The van der Waals surface area contributed by atoms with Crippen LogP contribution in [0.15, 0.2) is 36.7 Å². The van der Waals surface area contributed by atoms with Gasteiger partial charge in [-0.15, -0.1) is 0 Å². The highest BCUT2D eigenvalue weighted by Crippen LogP contribution is 2.47. The molecule has 3 aromatic rings. The Morgan fingerprint density at radius 1 is 1.24 bits per heavy atom. The Bertz CT molecular complexity index is 1290. The van der Waals surface area contributed by atoms with Gasteiger partial charge < -0.3 is 26.2 Å². The van der Waals surface area contributed by atoms with Gasteiger partial charge in [0.05, 0.1) is 30.6 Å². The number of carbonyl (C=O) groups excluding carboxylic acids is 2. The fraction of sp³-hybridized carbons (Fsp3) is 0.370. The number of aryl methyl sites for hydroxylation is 1. The topological polar surface area (TPSA) is 152 Å². The number of carbonyl (C=O) groups is 2. The van der Waals surface area contributed by atoms with Crippen LogP contribution in [0.4, 0.5) is 11.5 Å². The second kappa shape index (κ2) is 11.3. The van der Waals surface area contributed by atoms with Gasteiger partial charge in [0.2, 0.25) is 18.2 Å². The highest BCUT2D eigenvalue weighted by atomic mass is 16.5. The molecule has 2 aliphatic rings. The number of rotatable bonds is 9. The van der Waals surface area contributed by atoms with Crippen LogP contribution in [0.1, 0.15) is 37.4 Å². The van der Waals surface area contributed by atoms with E-state index in [4.69, 9.17) is 9.53 Å². The molecule has 1 saturated carbocycles. The van der Waals surface area contributed by atoms with Gasteiger partial charge in [-0.25, -0.2) is 9.97 Å². The highest BCUT2D eigenvalue weighted by Gasteiger charge is 2.36. The summed E-state index contributed by atoms with van der Waals surface area (Å²) >= 11 is 0. The van der Waals surface area contributed by atoms with Gasteiger partial charge in [0.15, 0.2) is 0 Å². The number of nitrogens with one attached hydrogen (secondary N) is 2. The van der Waals surface area contributed by atoms with Crippen molar-refractivity contribution in [1.82, 2.24) is 15.0 Å². The number of nitrogens with two attached hydrogens (primary N) is 1. The summed E-state index contributed by atoms with van der Waals surface area (Å²) in [5, 5.41) is 15.6. The molecule has 2 amide bonds. The zero-order valence-electron chi connectivity index (χ0n) is 21.1. The molecule has 3 aromatic heterocycles. The lowest BCUT2D eigenvalue weighted by Gasteiger charge is -2.15. The molecule has 0 atom stereocenters. The van der Waals surface area contributed by atoms with E-state index in [1.807, 2.05) is 31.3 Å². The largest absolute Gasteiger partial charge is 0.475 e. The van der Waals surface area contributed by atoms with Gasteiger partial charge >= 0.3 is 0 Å². The third-order valence-corrected chi connectivity index (χ3v) is 6.63. The van der Waals surface area contributed by atoms with Gasteiger partial charge in [-0.1, -0.05) is 6.92 Å². The first kappa shape index (κ1) is 26.0. The predicted molar refractivity (Wildman–Crippen MR) is 141 cm³/mol. The minimum absolute atomic E-state index is 0.0817. The maximum atomic E-state index is 12.0. The van der Waals surface area contributed by atoms with Crippen molar-refractivity contribution < 1.29 is 19.4 Å². The minimum Gasteiger partial charge on any atom is -0.475 e. The monoisotopic (exact) mass is 504 g/mol. The van der Waals surface area contributed by atoms with E-state index in [1.54, 1.807) is 6.20 Å². The number of anilines is 2. The molecule has 0 saturated heterocycles. The summed E-state index contributed by atoms with van der Waals surface area (Å²) < 4.78 is 5.70. The van der Waals surface area contributed by atoms with Gasteiger partial charge in [-0.05, 0) is 55.4 Å². The maximum Gasteiger partial charge on any atom is 0.230 e. The van der Waals surface area contributed by atoms with Crippen molar-refractivity contribution >= 4 is 23.8 Å². The van der Waals surface area contributed by atoms with E-state index in [1.165, 1.54) is 12.8 Å². The van der Waals surface area contributed by atoms with E-state index >= 15 is 0 Å². The number of nitrogens with zero attached hydrogens (tertiary/aromatic N) is 3.